The number of phenols is 1. The summed E-state index contributed by atoms with van der Waals surface area (Å²) in [6.07, 6.45) is 0. The summed E-state index contributed by atoms with van der Waals surface area (Å²) in [6, 6.07) is 9.60. The van der Waals surface area contributed by atoms with Crippen LogP contribution in [0.25, 0.3) is 11.0 Å². The molecule has 0 spiro atoms. The van der Waals surface area contributed by atoms with Crippen LogP contribution in [0.3, 0.4) is 0 Å². The SMILES string of the molecule is COc1ccc(NC(=O)c2c(C)oc3ccc(O)cc23)cc1Cl. The molecular weight excluding hydrogens is 318 g/mol. The predicted octanol–water partition coefficient (Wildman–Crippen LogP) is 4.36. The van der Waals surface area contributed by atoms with Crippen LogP contribution in [0.15, 0.2) is 40.8 Å². The molecule has 0 aliphatic heterocycles. The highest BCUT2D eigenvalue weighted by atomic mass is 35.5. The van der Waals surface area contributed by atoms with E-state index in [9.17, 15) is 9.90 Å². The minimum atomic E-state index is -0.340. The summed E-state index contributed by atoms with van der Waals surface area (Å²) in [4.78, 5) is 12.6. The third-order valence-electron chi connectivity index (χ3n) is 3.48. The van der Waals surface area contributed by atoms with Gasteiger partial charge in [0.25, 0.3) is 5.91 Å². The molecule has 0 bridgehead atoms. The molecule has 0 saturated heterocycles. The number of phenolic OH excluding ortho intramolecular Hbond substituents is 1. The van der Waals surface area contributed by atoms with Crippen LogP contribution < -0.4 is 10.1 Å². The second kappa shape index (κ2) is 5.85. The quantitative estimate of drug-likeness (QED) is 0.748. The number of halogens is 1. The average Bonchev–Trinajstić information content (AvgIpc) is 2.82. The van der Waals surface area contributed by atoms with Gasteiger partial charge in [-0.2, -0.15) is 0 Å². The van der Waals surface area contributed by atoms with Gasteiger partial charge in [0.05, 0.1) is 17.7 Å². The van der Waals surface area contributed by atoms with Crippen molar-refractivity contribution >= 4 is 34.2 Å². The number of carbonyl (C=O) groups is 1. The first-order chi connectivity index (χ1) is 11.0. The lowest BCUT2D eigenvalue weighted by Crippen LogP contribution is -2.12. The topological polar surface area (TPSA) is 71.7 Å². The van der Waals surface area contributed by atoms with E-state index < -0.39 is 0 Å². The Labute approximate surface area is 137 Å². The van der Waals surface area contributed by atoms with Crippen LogP contribution in [0.1, 0.15) is 16.1 Å². The molecule has 0 fully saturated rings. The van der Waals surface area contributed by atoms with Gasteiger partial charge in [0.2, 0.25) is 0 Å². The fraction of sp³-hybridized carbons (Fsp3) is 0.118. The first-order valence-electron chi connectivity index (χ1n) is 6.86. The van der Waals surface area contributed by atoms with Gasteiger partial charge in [-0.05, 0) is 43.3 Å². The van der Waals surface area contributed by atoms with Gasteiger partial charge < -0.3 is 19.6 Å². The molecule has 0 aliphatic carbocycles. The van der Waals surface area contributed by atoms with E-state index in [4.69, 9.17) is 20.8 Å². The number of aryl methyl sites for hydroxylation is 1. The standard InChI is InChI=1S/C17H14ClNO4/c1-9-16(12-8-11(20)4-6-14(12)23-9)17(21)19-10-3-5-15(22-2)13(18)7-10/h3-8,20H,1-2H3,(H,19,21). The third kappa shape index (κ3) is 2.83. The Morgan fingerprint density at radius 3 is 2.74 bits per heavy atom. The van der Waals surface area contributed by atoms with Crippen molar-refractivity contribution in [2.45, 2.75) is 6.92 Å². The molecule has 0 atom stereocenters. The van der Waals surface area contributed by atoms with Crippen LogP contribution in [0.5, 0.6) is 11.5 Å². The van der Waals surface area contributed by atoms with Crippen LogP contribution in [0.4, 0.5) is 5.69 Å². The number of nitrogens with one attached hydrogen (secondary N) is 1. The number of methoxy groups -OCH3 is 1. The van der Waals surface area contributed by atoms with Gasteiger partial charge in [-0.3, -0.25) is 4.79 Å². The van der Waals surface area contributed by atoms with Gasteiger partial charge in [0.15, 0.2) is 0 Å². The third-order valence-corrected chi connectivity index (χ3v) is 3.78. The summed E-state index contributed by atoms with van der Waals surface area (Å²) in [6.45, 7) is 1.70. The van der Waals surface area contributed by atoms with E-state index in [0.29, 0.717) is 38.8 Å². The van der Waals surface area contributed by atoms with Crippen molar-refractivity contribution in [1.82, 2.24) is 0 Å². The van der Waals surface area contributed by atoms with Gasteiger partial charge in [-0.15, -0.1) is 0 Å². The lowest BCUT2D eigenvalue weighted by molar-refractivity contribution is 0.102. The second-order valence-corrected chi connectivity index (χ2v) is 5.42. The molecule has 0 unspecified atom stereocenters. The minimum absolute atomic E-state index is 0.0693. The Bertz CT molecular complexity index is 901. The highest BCUT2D eigenvalue weighted by Crippen LogP contribution is 2.31. The van der Waals surface area contributed by atoms with Gasteiger partial charge in [0, 0.05) is 11.1 Å². The zero-order valence-electron chi connectivity index (χ0n) is 12.5. The molecule has 3 rings (SSSR count). The molecule has 1 heterocycles. The van der Waals surface area contributed by atoms with E-state index in [1.807, 2.05) is 0 Å². The highest BCUT2D eigenvalue weighted by molar-refractivity contribution is 6.32. The average molecular weight is 332 g/mol. The van der Waals surface area contributed by atoms with E-state index in [0.717, 1.165) is 0 Å². The van der Waals surface area contributed by atoms with Gasteiger partial charge in [-0.25, -0.2) is 0 Å². The molecule has 1 amide bonds. The molecule has 0 saturated carbocycles. The molecule has 0 aliphatic rings. The van der Waals surface area contributed by atoms with Crippen LogP contribution in [0, 0.1) is 6.92 Å². The Morgan fingerprint density at radius 2 is 2.04 bits per heavy atom. The van der Waals surface area contributed by atoms with E-state index >= 15 is 0 Å². The zero-order chi connectivity index (χ0) is 16.6. The van der Waals surface area contributed by atoms with Gasteiger partial charge in [0.1, 0.15) is 22.8 Å². The summed E-state index contributed by atoms with van der Waals surface area (Å²) in [5.74, 6) is 0.732. The van der Waals surface area contributed by atoms with Crippen molar-refractivity contribution in [3.05, 3.63) is 52.7 Å². The highest BCUT2D eigenvalue weighted by Gasteiger charge is 2.19. The number of amides is 1. The molecule has 0 radical (unpaired) electrons. The van der Waals surface area contributed by atoms with Crippen molar-refractivity contribution in [2.24, 2.45) is 0 Å². The molecular formula is C17H14ClNO4. The molecule has 23 heavy (non-hydrogen) atoms. The maximum Gasteiger partial charge on any atom is 0.259 e. The summed E-state index contributed by atoms with van der Waals surface area (Å²) >= 11 is 6.06. The maximum absolute atomic E-state index is 12.6. The Hall–Kier alpha value is -2.66. The lowest BCUT2D eigenvalue weighted by atomic mass is 10.1. The number of furan rings is 1. The monoisotopic (exact) mass is 331 g/mol. The second-order valence-electron chi connectivity index (χ2n) is 5.02. The van der Waals surface area contributed by atoms with E-state index in [-0.39, 0.29) is 11.7 Å². The number of rotatable bonds is 3. The van der Waals surface area contributed by atoms with E-state index in [2.05, 4.69) is 5.32 Å². The van der Waals surface area contributed by atoms with Crippen molar-refractivity contribution in [2.75, 3.05) is 12.4 Å². The molecule has 1 aromatic heterocycles. The summed E-state index contributed by atoms with van der Waals surface area (Å²) < 4.78 is 10.6. The number of hydrogen-bond donors (Lipinski definition) is 2. The van der Waals surface area contributed by atoms with E-state index in [1.54, 1.807) is 31.2 Å². The number of benzene rings is 2. The van der Waals surface area contributed by atoms with E-state index in [1.165, 1.54) is 19.2 Å². The molecule has 6 heteroatoms. The van der Waals surface area contributed by atoms with Gasteiger partial charge >= 0.3 is 0 Å². The summed E-state index contributed by atoms with van der Waals surface area (Å²) in [5.41, 5.74) is 1.45. The van der Waals surface area contributed by atoms with Crippen LogP contribution in [-0.2, 0) is 0 Å². The Morgan fingerprint density at radius 1 is 1.26 bits per heavy atom. The largest absolute Gasteiger partial charge is 0.508 e. The fourth-order valence-electron chi connectivity index (χ4n) is 2.43. The van der Waals surface area contributed by atoms with Crippen LogP contribution in [0.2, 0.25) is 5.02 Å². The molecule has 118 valence electrons. The first kappa shape index (κ1) is 15.2. The molecule has 5 nitrogen and oxygen atoms in total. The van der Waals surface area contributed by atoms with Crippen LogP contribution >= 0.6 is 11.6 Å². The van der Waals surface area contributed by atoms with Crippen LogP contribution in [-0.4, -0.2) is 18.1 Å². The minimum Gasteiger partial charge on any atom is -0.508 e. The fourth-order valence-corrected chi connectivity index (χ4v) is 2.69. The molecule has 2 N–H and O–H groups in total. The Kier molecular flexibility index (Phi) is 3.88. The number of anilines is 1. The van der Waals surface area contributed by atoms with Crippen molar-refractivity contribution < 1.29 is 19.1 Å². The smallest absolute Gasteiger partial charge is 0.259 e. The Balaban J connectivity index is 1.96. The van der Waals surface area contributed by atoms with Crippen molar-refractivity contribution in [3.63, 3.8) is 0 Å². The number of hydrogen-bond acceptors (Lipinski definition) is 4. The normalized spacial score (nSPS) is 10.7. The zero-order valence-corrected chi connectivity index (χ0v) is 13.3. The number of fused-ring (bicyclic) bond motifs is 1. The number of aromatic hydroxyl groups is 1. The van der Waals surface area contributed by atoms with Gasteiger partial charge in [-0.1, -0.05) is 11.6 Å². The van der Waals surface area contributed by atoms with Crippen molar-refractivity contribution in [1.29, 1.82) is 0 Å². The predicted molar refractivity (Wildman–Crippen MR) is 88.6 cm³/mol. The molecule has 2 aromatic carbocycles. The molecule has 3 aromatic rings. The number of ether oxygens (including phenoxy) is 1. The maximum atomic E-state index is 12.6. The number of carbonyl (C=O) groups excluding carboxylic acids is 1. The van der Waals surface area contributed by atoms with Crippen molar-refractivity contribution in [3.8, 4) is 11.5 Å². The first-order valence-corrected chi connectivity index (χ1v) is 7.24. The summed E-state index contributed by atoms with van der Waals surface area (Å²) in [7, 11) is 1.52. The summed E-state index contributed by atoms with van der Waals surface area (Å²) in [5, 5.41) is 13.3. The lowest BCUT2D eigenvalue weighted by Gasteiger charge is -2.08.